The number of nitrogen functional groups attached to an aromatic ring is 1. The fraction of sp³-hybridized carbons (Fsp3) is 0.600. The van der Waals surface area contributed by atoms with Crippen LogP contribution in [0.2, 0.25) is 0 Å². The molecule has 2 rings (SSSR count). The summed E-state index contributed by atoms with van der Waals surface area (Å²) in [4.78, 5) is -0.0191. The van der Waals surface area contributed by atoms with Crippen molar-refractivity contribution in [3.63, 3.8) is 0 Å². The topological polar surface area (TPSA) is 98.2 Å². The Labute approximate surface area is 127 Å². The highest BCUT2D eigenvalue weighted by Gasteiger charge is 2.17. The molecule has 0 spiro atoms. The van der Waals surface area contributed by atoms with Gasteiger partial charge in [0.1, 0.15) is 4.90 Å². The van der Waals surface area contributed by atoms with E-state index in [1.54, 1.807) is 12.1 Å². The minimum atomic E-state index is -3.75. The average Bonchev–Trinajstić information content (AvgIpc) is 2.40. The molecule has 5 nitrogen and oxygen atoms in total. The predicted octanol–water partition coefficient (Wildman–Crippen LogP) is 2.54. The molecule has 5 N–H and O–H groups in total. The fourth-order valence-corrected chi connectivity index (χ4v) is 3.60. The molecule has 0 bridgehead atoms. The van der Waals surface area contributed by atoms with Gasteiger partial charge in [-0.25, -0.2) is 13.6 Å². The molecule has 0 radical (unpaired) electrons. The average molecular weight is 311 g/mol. The Morgan fingerprint density at radius 1 is 1.24 bits per heavy atom. The van der Waals surface area contributed by atoms with Crippen molar-refractivity contribution in [3.8, 4) is 0 Å². The lowest BCUT2D eigenvalue weighted by Crippen LogP contribution is -2.16. The summed E-state index contributed by atoms with van der Waals surface area (Å²) in [6, 6.07) is 4.79. The van der Waals surface area contributed by atoms with Crippen LogP contribution in [0.4, 0.5) is 11.4 Å². The molecule has 0 amide bonds. The SMILES string of the molecule is CC1CCC(CCNc2ccc(S(N)(=O)=O)c(N)c2)CC1. The summed E-state index contributed by atoms with van der Waals surface area (Å²) < 4.78 is 22.6. The van der Waals surface area contributed by atoms with Gasteiger partial charge < -0.3 is 11.1 Å². The molecule has 1 aromatic rings. The first-order chi connectivity index (χ1) is 9.86. The van der Waals surface area contributed by atoms with Crippen molar-refractivity contribution in [1.82, 2.24) is 0 Å². The summed E-state index contributed by atoms with van der Waals surface area (Å²) in [6.45, 7) is 3.21. The molecule has 1 fully saturated rings. The molecule has 1 aromatic carbocycles. The zero-order chi connectivity index (χ0) is 15.5. The summed E-state index contributed by atoms with van der Waals surface area (Å²) >= 11 is 0. The highest BCUT2D eigenvalue weighted by atomic mass is 32.2. The largest absolute Gasteiger partial charge is 0.398 e. The third kappa shape index (κ3) is 4.61. The molecule has 6 heteroatoms. The van der Waals surface area contributed by atoms with E-state index in [2.05, 4.69) is 12.2 Å². The summed E-state index contributed by atoms with van der Waals surface area (Å²) in [6.07, 6.45) is 6.44. The molecule has 0 heterocycles. The van der Waals surface area contributed by atoms with Gasteiger partial charge >= 0.3 is 0 Å². The van der Waals surface area contributed by atoms with Crippen molar-refractivity contribution in [1.29, 1.82) is 0 Å². The van der Waals surface area contributed by atoms with E-state index in [-0.39, 0.29) is 10.6 Å². The van der Waals surface area contributed by atoms with Crippen molar-refractivity contribution < 1.29 is 8.42 Å². The van der Waals surface area contributed by atoms with Crippen LogP contribution in [0.3, 0.4) is 0 Å². The zero-order valence-electron chi connectivity index (χ0n) is 12.5. The molecule has 118 valence electrons. The highest BCUT2D eigenvalue weighted by Crippen LogP contribution is 2.30. The normalized spacial score (nSPS) is 23.0. The molecule has 21 heavy (non-hydrogen) atoms. The van der Waals surface area contributed by atoms with E-state index in [0.717, 1.165) is 30.5 Å². The molecule has 0 aliphatic heterocycles. The van der Waals surface area contributed by atoms with E-state index in [1.165, 1.54) is 31.7 Å². The third-order valence-corrected chi connectivity index (χ3v) is 5.32. The van der Waals surface area contributed by atoms with Crippen LogP contribution in [-0.4, -0.2) is 15.0 Å². The molecule has 0 atom stereocenters. The van der Waals surface area contributed by atoms with E-state index in [0.29, 0.717) is 0 Å². The van der Waals surface area contributed by atoms with Gasteiger partial charge in [-0.1, -0.05) is 32.6 Å². The third-order valence-electron chi connectivity index (χ3n) is 4.33. The first-order valence-electron chi connectivity index (χ1n) is 7.52. The van der Waals surface area contributed by atoms with Gasteiger partial charge in [0.25, 0.3) is 0 Å². The van der Waals surface area contributed by atoms with Gasteiger partial charge in [-0.3, -0.25) is 0 Å². The molecular formula is C15H25N3O2S. The van der Waals surface area contributed by atoms with Gasteiger partial charge in [-0.2, -0.15) is 0 Å². The number of sulfonamides is 1. The van der Waals surface area contributed by atoms with Gasteiger partial charge in [0.2, 0.25) is 10.0 Å². The summed E-state index contributed by atoms with van der Waals surface area (Å²) in [5, 5.41) is 8.40. The minimum Gasteiger partial charge on any atom is -0.398 e. The highest BCUT2D eigenvalue weighted by molar-refractivity contribution is 7.89. The van der Waals surface area contributed by atoms with Crippen LogP contribution in [0.15, 0.2) is 23.1 Å². The maximum Gasteiger partial charge on any atom is 0.240 e. The maximum atomic E-state index is 11.3. The molecule has 0 aromatic heterocycles. The number of anilines is 2. The minimum absolute atomic E-state index is 0.0191. The molecular weight excluding hydrogens is 286 g/mol. The lowest BCUT2D eigenvalue weighted by atomic mass is 9.81. The Morgan fingerprint density at radius 2 is 1.90 bits per heavy atom. The monoisotopic (exact) mass is 311 g/mol. The second kappa shape index (κ2) is 6.66. The number of primary sulfonamides is 1. The van der Waals surface area contributed by atoms with Crippen LogP contribution in [0.25, 0.3) is 0 Å². The number of nitrogens with one attached hydrogen (secondary N) is 1. The quantitative estimate of drug-likeness (QED) is 0.728. The van der Waals surface area contributed by atoms with Crippen LogP contribution >= 0.6 is 0 Å². The maximum absolute atomic E-state index is 11.3. The molecule has 0 unspecified atom stereocenters. The summed E-state index contributed by atoms with van der Waals surface area (Å²) in [5.74, 6) is 1.68. The summed E-state index contributed by atoms with van der Waals surface area (Å²) in [5.41, 5.74) is 6.76. The van der Waals surface area contributed by atoms with Crippen LogP contribution in [-0.2, 0) is 10.0 Å². The van der Waals surface area contributed by atoms with Gasteiger partial charge in [0.15, 0.2) is 0 Å². The second-order valence-corrected chi connectivity index (χ2v) is 7.67. The van der Waals surface area contributed by atoms with Crippen LogP contribution in [0, 0.1) is 11.8 Å². The Balaban J connectivity index is 1.85. The van der Waals surface area contributed by atoms with Gasteiger partial charge in [0, 0.05) is 12.2 Å². The van der Waals surface area contributed by atoms with Crippen molar-refractivity contribution >= 4 is 21.4 Å². The first kappa shape index (κ1) is 16.1. The van der Waals surface area contributed by atoms with Gasteiger partial charge in [0.05, 0.1) is 5.69 Å². The standard InChI is InChI=1S/C15H25N3O2S/c1-11-2-4-12(5-3-11)8-9-18-13-6-7-15(14(16)10-13)21(17,19)20/h6-7,10-12,18H,2-5,8-9,16H2,1H3,(H2,17,19,20). The van der Waals surface area contributed by atoms with E-state index in [1.807, 2.05) is 0 Å². The van der Waals surface area contributed by atoms with E-state index in [9.17, 15) is 8.42 Å². The first-order valence-corrected chi connectivity index (χ1v) is 9.07. The fourth-order valence-electron chi connectivity index (χ4n) is 2.96. The van der Waals surface area contributed by atoms with Crippen molar-refractivity contribution in [2.45, 2.75) is 43.9 Å². The number of nitrogens with two attached hydrogens (primary N) is 2. The number of hydrogen-bond donors (Lipinski definition) is 3. The molecule has 1 saturated carbocycles. The van der Waals surface area contributed by atoms with Crippen molar-refractivity contribution in [2.24, 2.45) is 17.0 Å². The number of benzene rings is 1. The van der Waals surface area contributed by atoms with Crippen molar-refractivity contribution in [2.75, 3.05) is 17.6 Å². The van der Waals surface area contributed by atoms with E-state index < -0.39 is 10.0 Å². The van der Waals surface area contributed by atoms with E-state index >= 15 is 0 Å². The van der Waals surface area contributed by atoms with Gasteiger partial charge in [-0.15, -0.1) is 0 Å². The van der Waals surface area contributed by atoms with Crippen molar-refractivity contribution in [3.05, 3.63) is 18.2 Å². The molecule has 0 saturated heterocycles. The molecule has 1 aliphatic rings. The summed E-state index contributed by atoms with van der Waals surface area (Å²) in [7, 11) is -3.75. The van der Waals surface area contributed by atoms with Crippen LogP contribution in [0.5, 0.6) is 0 Å². The Bertz CT molecular complexity index is 579. The zero-order valence-corrected chi connectivity index (χ0v) is 13.3. The Hall–Kier alpha value is -1.27. The second-order valence-electron chi connectivity index (χ2n) is 6.14. The molecule has 1 aliphatic carbocycles. The lowest BCUT2D eigenvalue weighted by molar-refractivity contribution is 0.282. The van der Waals surface area contributed by atoms with Crippen LogP contribution in [0.1, 0.15) is 39.0 Å². The van der Waals surface area contributed by atoms with Crippen LogP contribution < -0.4 is 16.2 Å². The Morgan fingerprint density at radius 3 is 2.48 bits per heavy atom. The Kier molecular flexibility index (Phi) is 5.11. The van der Waals surface area contributed by atoms with Gasteiger partial charge in [-0.05, 0) is 36.5 Å². The van der Waals surface area contributed by atoms with E-state index in [4.69, 9.17) is 10.9 Å². The predicted molar refractivity (Wildman–Crippen MR) is 86.5 cm³/mol. The lowest BCUT2D eigenvalue weighted by Gasteiger charge is -2.26. The number of rotatable bonds is 5. The smallest absolute Gasteiger partial charge is 0.240 e. The number of hydrogen-bond acceptors (Lipinski definition) is 4.